The molecule has 5 nitrogen and oxygen atoms in total. The number of amides is 1. The molecule has 2 N–H and O–H groups in total. The molecule has 1 heterocycles. The maximum absolute atomic E-state index is 12.1. The fourth-order valence-electron chi connectivity index (χ4n) is 3.49. The molecule has 2 aromatic carbocycles. The predicted octanol–water partition coefficient (Wildman–Crippen LogP) is 5.53. The summed E-state index contributed by atoms with van der Waals surface area (Å²) < 4.78 is 0. The first kappa shape index (κ1) is 19.7. The largest absolute Gasteiger partial charge is 0.465 e. The number of carbonyl (C=O) groups is 1. The number of aromatic nitrogens is 2. The molecule has 0 aliphatic heterocycles. The summed E-state index contributed by atoms with van der Waals surface area (Å²) in [5, 5.41) is 9.95. The Morgan fingerprint density at radius 3 is 2.25 bits per heavy atom. The van der Waals surface area contributed by atoms with Gasteiger partial charge in [-0.15, -0.1) is 0 Å². The molecule has 0 aliphatic carbocycles. The van der Waals surface area contributed by atoms with E-state index < -0.39 is 11.6 Å². The molecule has 0 bridgehead atoms. The molecule has 5 heteroatoms. The van der Waals surface area contributed by atoms with Crippen LogP contribution < -0.4 is 0 Å². The van der Waals surface area contributed by atoms with Crippen LogP contribution in [0.2, 0.25) is 0 Å². The topological polar surface area (TPSA) is 69.2 Å². The lowest BCUT2D eigenvalue weighted by atomic mass is 9.98. The molecule has 0 radical (unpaired) electrons. The number of aromatic amines is 1. The van der Waals surface area contributed by atoms with Crippen LogP contribution in [0.4, 0.5) is 4.79 Å². The number of imidazole rings is 1. The van der Waals surface area contributed by atoms with Gasteiger partial charge in [0.25, 0.3) is 0 Å². The molecule has 0 aliphatic rings. The first-order chi connectivity index (χ1) is 13.4. The summed E-state index contributed by atoms with van der Waals surface area (Å²) >= 11 is 0. The van der Waals surface area contributed by atoms with Gasteiger partial charge in [-0.3, -0.25) is 4.90 Å². The minimum Gasteiger partial charge on any atom is -0.465 e. The molecule has 0 saturated carbocycles. The zero-order chi connectivity index (χ0) is 20.1. The zero-order valence-corrected chi connectivity index (χ0v) is 16.6. The number of benzene rings is 2. The van der Waals surface area contributed by atoms with Crippen molar-refractivity contribution in [2.45, 2.75) is 45.2 Å². The highest BCUT2D eigenvalue weighted by Gasteiger charge is 2.35. The highest BCUT2D eigenvalue weighted by molar-refractivity contribution is 5.67. The molecular formula is C23H27N3O2. The monoisotopic (exact) mass is 377 g/mol. The Balaban J connectivity index is 1.93. The maximum atomic E-state index is 12.1. The zero-order valence-electron chi connectivity index (χ0n) is 16.6. The lowest BCUT2D eigenvalue weighted by Crippen LogP contribution is -2.47. The summed E-state index contributed by atoms with van der Waals surface area (Å²) in [5.41, 5.74) is 2.46. The Bertz CT molecular complexity index is 898. The molecule has 0 fully saturated rings. The van der Waals surface area contributed by atoms with Crippen LogP contribution in [-0.2, 0) is 6.42 Å². The van der Waals surface area contributed by atoms with Crippen LogP contribution >= 0.6 is 0 Å². The van der Waals surface area contributed by atoms with Gasteiger partial charge in [0.15, 0.2) is 0 Å². The SMILES string of the molecule is CC(C)(C)N(C(=O)O)[C@H](CCc1ccccc1)c1nc(-c2ccccc2)c[nH]1. The van der Waals surface area contributed by atoms with Crippen molar-refractivity contribution in [3.8, 4) is 11.3 Å². The van der Waals surface area contributed by atoms with E-state index in [2.05, 4.69) is 17.1 Å². The van der Waals surface area contributed by atoms with Crippen molar-refractivity contribution in [2.75, 3.05) is 0 Å². The third kappa shape index (κ3) is 4.60. The fraction of sp³-hybridized carbons (Fsp3) is 0.304. The van der Waals surface area contributed by atoms with Crippen LogP contribution in [0.3, 0.4) is 0 Å². The number of nitrogens with zero attached hydrogens (tertiary/aromatic N) is 2. The molecule has 3 rings (SSSR count). The van der Waals surface area contributed by atoms with Crippen LogP contribution in [0.1, 0.15) is 44.6 Å². The summed E-state index contributed by atoms with van der Waals surface area (Å²) in [6, 6.07) is 19.7. The normalized spacial score (nSPS) is 12.5. The third-order valence-electron chi connectivity index (χ3n) is 4.77. The van der Waals surface area contributed by atoms with Crippen molar-refractivity contribution in [1.29, 1.82) is 0 Å². The van der Waals surface area contributed by atoms with Gasteiger partial charge in [0, 0.05) is 17.3 Å². The highest BCUT2D eigenvalue weighted by Crippen LogP contribution is 2.32. The molecule has 0 unspecified atom stereocenters. The number of nitrogens with one attached hydrogen (secondary N) is 1. The smallest absolute Gasteiger partial charge is 0.408 e. The second-order valence-corrected chi connectivity index (χ2v) is 7.90. The number of carboxylic acid groups (broad SMARTS) is 1. The van der Waals surface area contributed by atoms with Crippen molar-refractivity contribution in [1.82, 2.24) is 14.9 Å². The molecule has 3 aromatic rings. The Labute approximate surface area is 166 Å². The number of hydrogen-bond acceptors (Lipinski definition) is 2. The van der Waals surface area contributed by atoms with Crippen molar-refractivity contribution in [3.05, 3.63) is 78.2 Å². The van der Waals surface area contributed by atoms with Crippen molar-refractivity contribution >= 4 is 6.09 Å². The Kier molecular flexibility index (Phi) is 5.83. The summed E-state index contributed by atoms with van der Waals surface area (Å²) in [7, 11) is 0. The first-order valence-corrected chi connectivity index (χ1v) is 9.53. The second kappa shape index (κ2) is 8.30. The van der Waals surface area contributed by atoms with E-state index in [-0.39, 0.29) is 6.04 Å². The van der Waals surface area contributed by atoms with Crippen molar-refractivity contribution in [2.24, 2.45) is 0 Å². The van der Waals surface area contributed by atoms with E-state index in [1.165, 1.54) is 10.5 Å². The highest BCUT2D eigenvalue weighted by atomic mass is 16.4. The van der Waals surface area contributed by atoms with Crippen molar-refractivity contribution < 1.29 is 9.90 Å². The molecule has 146 valence electrons. The maximum Gasteiger partial charge on any atom is 0.408 e. The minimum absolute atomic E-state index is 0.366. The number of aryl methyl sites for hydroxylation is 1. The Hall–Kier alpha value is -3.08. The van der Waals surface area contributed by atoms with Gasteiger partial charge < -0.3 is 10.1 Å². The van der Waals surface area contributed by atoms with Gasteiger partial charge in [-0.1, -0.05) is 60.7 Å². The van der Waals surface area contributed by atoms with E-state index in [9.17, 15) is 9.90 Å². The van der Waals surface area contributed by atoms with Gasteiger partial charge in [-0.2, -0.15) is 0 Å². The summed E-state index contributed by atoms with van der Waals surface area (Å²) in [5.74, 6) is 0.673. The summed E-state index contributed by atoms with van der Waals surface area (Å²) in [6.45, 7) is 5.74. The average molecular weight is 377 g/mol. The summed E-state index contributed by atoms with van der Waals surface area (Å²) in [6.07, 6.45) is 2.33. The average Bonchev–Trinajstić information content (AvgIpc) is 3.15. The van der Waals surface area contributed by atoms with Crippen LogP contribution in [0.5, 0.6) is 0 Å². The Morgan fingerprint density at radius 1 is 1.07 bits per heavy atom. The van der Waals surface area contributed by atoms with Gasteiger partial charge in [-0.25, -0.2) is 9.78 Å². The number of rotatable bonds is 6. The lowest BCUT2D eigenvalue weighted by Gasteiger charge is -2.38. The molecular weight excluding hydrogens is 350 g/mol. The van der Waals surface area contributed by atoms with E-state index in [1.807, 2.05) is 75.5 Å². The molecule has 28 heavy (non-hydrogen) atoms. The van der Waals surface area contributed by atoms with E-state index >= 15 is 0 Å². The van der Waals surface area contributed by atoms with E-state index in [1.54, 1.807) is 0 Å². The second-order valence-electron chi connectivity index (χ2n) is 7.90. The van der Waals surface area contributed by atoms with Crippen molar-refractivity contribution in [3.63, 3.8) is 0 Å². The number of H-pyrrole nitrogens is 1. The van der Waals surface area contributed by atoms with Gasteiger partial charge in [0.05, 0.1) is 11.7 Å². The Morgan fingerprint density at radius 2 is 1.68 bits per heavy atom. The number of hydrogen-bond donors (Lipinski definition) is 2. The minimum atomic E-state index is -0.941. The molecule has 0 spiro atoms. The van der Waals surface area contributed by atoms with Crippen LogP contribution in [-0.4, -0.2) is 31.6 Å². The third-order valence-corrected chi connectivity index (χ3v) is 4.77. The van der Waals surface area contributed by atoms with Crippen LogP contribution in [0.15, 0.2) is 66.9 Å². The summed E-state index contributed by atoms with van der Waals surface area (Å²) in [4.78, 5) is 21.6. The van der Waals surface area contributed by atoms with Crippen LogP contribution in [0.25, 0.3) is 11.3 Å². The lowest BCUT2D eigenvalue weighted by molar-refractivity contribution is 0.0641. The van der Waals surface area contributed by atoms with E-state index in [0.717, 1.165) is 17.7 Å². The van der Waals surface area contributed by atoms with Crippen LogP contribution in [0, 0.1) is 0 Å². The standard InChI is InChI=1S/C23H27N3O2/c1-23(2,3)26(22(27)28)20(15-14-17-10-6-4-7-11-17)21-24-16-19(25-21)18-12-8-5-9-13-18/h4-13,16,20H,14-15H2,1-3H3,(H,24,25)(H,27,28)/t20-/m1/s1. The first-order valence-electron chi connectivity index (χ1n) is 9.53. The van der Waals surface area contributed by atoms with Gasteiger partial charge in [-0.05, 0) is 39.2 Å². The predicted molar refractivity (Wildman–Crippen MR) is 111 cm³/mol. The van der Waals surface area contributed by atoms with E-state index in [4.69, 9.17) is 4.98 Å². The van der Waals surface area contributed by atoms with Gasteiger partial charge >= 0.3 is 6.09 Å². The fourth-order valence-corrected chi connectivity index (χ4v) is 3.49. The molecule has 1 atom stereocenters. The van der Waals surface area contributed by atoms with Gasteiger partial charge in [0.1, 0.15) is 5.82 Å². The van der Waals surface area contributed by atoms with Gasteiger partial charge in [0.2, 0.25) is 0 Å². The molecule has 1 amide bonds. The molecule has 0 saturated heterocycles. The van der Waals surface area contributed by atoms with E-state index in [0.29, 0.717) is 12.2 Å². The quantitative estimate of drug-likeness (QED) is 0.593. The molecule has 1 aromatic heterocycles.